The van der Waals surface area contributed by atoms with Crippen LogP contribution in [0.1, 0.15) is 118 Å². The molecule has 2 aliphatic carbocycles. The fourth-order valence-corrected chi connectivity index (χ4v) is 22.0. The van der Waals surface area contributed by atoms with Crippen molar-refractivity contribution >= 4 is 129 Å². The molecule has 3 aromatic heterocycles. The molecular weight excluding hydrogens is 1640 g/mol. The van der Waals surface area contributed by atoms with Gasteiger partial charge in [-0.3, -0.25) is 0 Å². The summed E-state index contributed by atoms with van der Waals surface area (Å²) in [7, 11) is 0. The molecule has 2 aliphatic heterocycles. The number of aromatic nitrogens is 3. The molecule has 4 aliphatic rings. The highest BCUT2D eigenvalue weighted by Crippen LogP contribution is 2.56. The van der Waals surface area contributed by atoms with E-state index in [9.17, 15) is 0 Å². The predicted octanol–water partition coefficient (Wildman–Crippen LogP) is 31.5. The number of hydrogen-bond donors (Lipinski definition) is 0. The first-order valence-corrected chi connectivity index (χ1v) is 48.3. The lowest BCUT2D eigenvalue weighted by atomic mass is 9.33. The minimum atomic E-state index is -0.397. The van der Waals surface area contributed by atoms with Crippen LogP contribution in [0.4, 0.5) is 34.1 Å². The first-order valence-electron chi connectivity index (χ1n) is 48.3. The molecular formula is C130H106BN5. The van der Waals surface area contributed by atoms with Crippen molar-refractivity contribution in [2.45, 2.75) is 112 Å². The third-order valence-corrected chi connectivity index (χ3v) is 29.1. The van der Waals surface area contributed by atoms with Gasteiger partial charge in [0, 0.05) is 94.1 Å². The van der Waals surface area contributed by atoms with E-state index in [-0.39, 0.29) is 21.7 Å². The molecule has 0 saturated carbocycles. The standard InChI is InChI=1S/C130H106BN5/c1-127(2,3)95-59-67-116-108(75-95)109-76-96(128(4,5)6)60-68-117(109)132(116)99-63-65-112-120(79-99)135(125-102(91-47-29-43-87(71-91)83-35-17-13-18-36-83)53-33-54-103(125)92-48-30-44-88(72-92)84-37-19-14-20-38-84)122-81-101(134-114-57-27-25-51-106(114)107-52-26-28-58-115(107)134)82-123-124(122)131(112)113-66-64-100(133-118-69-61-97(129(7,8)9)77-110(118)111-78-98(130(10,11)12)62-70-119(111)133)80-121(113)136(123)126-104(93-49-31-45-89(73-93)85-39-21-15-22-40-85)55-34-56-105(126)94-50-32-46-90(74-94)86-41-23-16-24-42-86/h13-23,25-41,43-61,63-69,71-82H,24,42H2,1-12H3. The molecule has 0 bridgehead atoms. The molecule has 0 fully saturated rings. The molecule has 136 heavy (non-hydrogen) atoms. The van der Waals surface area contributed by atoms with Crippen LogP contribution >= 0.6 is 0 Å². The third-order valence-electron chi connectivity index (χ3n) is 29.1. The zero-order valence-corrected chi connectivity index (χ0v) is 79.3. The quantitative estimate of drug-likeness (QED) is 0.0847. The largest absolute Gasteiger partial charge is 0.310 e. The summed E-state index contributed by atoms with van der Waals surface area (Å²) in [6.45, 7) is 27.5. The zero-order chi connectivity index (χ0) is 92.4. The summed E-state index contributed by atoms with van der Waals surface area (Å²) in [6.07, 6.45) is 11.2. The highest BCUT2D eigenvalue weighted by molar-refractivity contribution is 7.00. The molecule has 0 amide bonds. The van der Waals surface area contributed by atoms with E-state index in [1.807, 2.05) is 0 Å². The summed E-state index contributed by atoms with van der Waals surface area (Å²) in [4.78, 5) is 5.52. The number of benzene rings is 17. The molecule has 6 heteroatoms. The van der Waals surface area contributed by atoms with E-state index in [0.717, 1.165) is 186 Å². The summed E-state index contributed by atoms with van der Waals surface area (Å²) < 4.78 is 7.66. The Morgan fingerprint density at radius 3 is 1.06 bits per heavy atom. The number of allylic oxidation sites excluding steroid dienone is 5. The fourth-order valence-electron chi connectivity index (χ4n) is 22.0. The van der Waals surface area contributed by atoms with Crippen LogP contribution in [0.5, 0.6) is 0 Å². The van der Waals surface area contributed by atoms with Gasteiger partial charge in [-0.2, -0.15) is 0 Å². The Bertz CT molecular complexity index is 8430. The first kappa shape index (κ1) is 83.4. The molecule has 0 radical (unpaired) electrons. The number of fused-ring (bicyclic) bond motifs is 13. The van der Waals surface area contributed by atoms with Crippen molar-refractivity contribution in [2.24, 2.45) is 5.41 Å². The summed E-state index contributed by atoms with van der Waals surface area (Å²) in [5.41, 5.74) is 49.0. The number of hydrogen-bond acceptors (Lipinski definition) is 2. The van der Waals surface area contributed by atoms with E-state index in [4.69, 9.17) is 0 Å². The average molecular weight is 1750 g/mol. The third kappa shape index (κ3) is 14.1. The SMILES string of the molecule is CC(C)(C)C1=C=C=c2c(c3cc(C(C)(C)C)ccc3n2-c2ccc3c(c2)N(c2c(-c4cccc(C5=CC=CCC5)c4)cccc2-c2cccc(-c4ccccc4)c2)c2cc(-n4c5ccccc5c5ccccc54)cc4c2B3c2ccc(-n3c5ccc(C(C)(C)C)cc5c5cc(C(C)(C)C)ccc53)cc2N4c2c(-c3cccc(-c4ccccc4)c3)cccc2-c2cccc(-c3ccccc3)c2)=C1. The zero-order valence-electron chi connectivity index (χ0n) is 79.3. The van der Waals surface area contributed by atoms with Crippen LogP contribution < -0.4 is 36.8 Å². The van der Waals surface area contributed by atoms with Gasteiger partial charge in [0.2, 0.25) is 0 Å². The molecule has 0 N–H and O–H groups in total. The highest BCUT2D eigenvalue weighted by atomic mass is 15.2. The van der Waals surface area contributed by atoms with E-state index in [1.54, 1.807) is 0 Å². The monoisotopic (exact) mass is 1750 g/mol. The van der Waals surface area contributed by atoms with Crippen molar-refractivity contribution in [3.63, 3.8) is 0 Å². The maximum Gasteiger partial charge on any atom is 0.252 e. The molecule has 0 saturated heterocycles. The number of rotatable bonds is 13. The first-order chi connectivity index (χ1) is 66.0. The lowest BCUT2D eigenvalue weighted by Gasteiger charge is -2.46. The summed E-state index contributed by atoms with van der Waals surface area (Å²) in [6, 6.07) is 145. The second-order valence-corrected chi connectivity index (χ2v) is 41.8. The van der Waals surface area contributed by atoms with Gasteiger partial charge < -0.3 is 23.5 Å². The van der Waals surface area contributed by atoms with Crippen molar-refractivity contribution in [1.29, 1.82) is 0 Å². The predicted molar refractivity (Wildman–Crippen MR) is 580 cm³/mol. The van der Waals surface area contributed by atoms with Crippen LogP contribution in [0.3, 0.4) is 0 Å². The van der Waals surface area contributed by atoms with Gasteiger partial charge in [-0.1, -0.05) is 374 Å². The van der Waals surface area contributed by atoms with E-state index in [1.165, 1.54) is 71.1 Å². The number of para-hydroxylation sites is 4. The second kappa shape index (κ2) is 32.0. The Labute approximate surface area is 798 Å². The van der Waals surface area contributed by atoms with Gasteiger partial charge in [0.25, 0.3) is 6.71 Å². The number of nitrogens with zero attached hydrogens (tertiary/aromatic N) is 5. The van der Waals surface area contributed by atoms with Crippen molar-refractivity contribution in [2.75, 3.05) is 9.80 Å². The topological polar surface area (TPSA) is 21.3 Å². The van der Waals surface area contributed by atoms with Crippen LogP contribution in [-0.2, 0) is 16.2 Å². The molecule has 17 aromatic carbocycles. The Morgan fingerprint density at radius 1 is 0.272 bits per heavy atom. The Morgan fingerprint density at radius 2 is 0.632 bits per heavy atom. The molecule has 654 valence electrons. The molecule has 0 unspecified atom stereocenters. The van der Waals surface area contributed by atoms with Crippen LogP contribution in [0.25, 0.3) is 167 Å². The van der Waals surface area contributed by atoms with Crippen molar-refractivity contribution in [1.82, 2.24) is 13.7 Å². The normalized spacial score (nSPS) is 13.5. The minimum Gasteiger partial charge on any atom is -0.310 e. The van der Waals surface area contributed by atoms with E-state index >= 15 is 0 Å². The fraction of sp³-hybridized carbons (Fsp3) is 0.138. The molecule has 5 nitrogen and oxygen atoms in total. The molecule has 24 rings (SSSR count). The van der Waals surface area contributed by atoms with E-state index < -0.39 is 6.71 Å². The van der Waals surface area contributed by atoms with Crippen molar-refractivity contribution < 1.29 is 0 Å². The van der Waals surface area contributed by atoms with Gasteiger partial charge in [0.15, 0.2) is 0 Å². The lowest BCUT2D eigenvalue weighted by molar-refractivity contribution is 0.524. The molecule has 5 heterocycles. The Kier molecular flexibility index (Phi) is 19.7. The maximum atomic E-state index is 3.93. The lowest BCUT2D eigenvalue weighted by Crippen LogP contribution is -2.61. The van der Waals surface area contributed by atoms with Crippen LogP contribution in [0, 0.1) is 5.41 Å². The molecule has 0 spiro atoms. The molecule has 20 aromatic rings. The smallest absolute Gasteiger partial charge is 0.252 e. The van der Waals surface area contributed by atoms with Crippen molar-refractivity contribution in [3.8, 4) is 95.0 Å². The summed E-state index contributed by atoms with van der Waals surface area (Å²) >= 11 is 0. The Balaban J connectivity index is 0.896. The van der Waals surface area contributed by atoms with E-state index in [0.29, 0.717) is 0 Å². The average Bonchev–Trinajstić information content (AvgIpc) is 0.861. The molecule has 0 atom stereocenters. The van der Waals surface area contributed by atoms with Gasteiger partial charge in [0.05, 0.1) is 44.6 Å². The van der Waals surface area contributed by atoms with Crippen LogP contribution in [-0.4, -0.2) is 20.4 Å². The van der Waals surface area contributed by atoms with Gasteiger partial charge >= 0.3 is 0 Å². The minimum absolute atomic E-state index is 0.112. The Hall–Kier alpha value is -15.7. The van der Waals surface area contributed by atoms with Gasteiger partial charge in [-0.05, 0) is 255 Å². The highest BCUT2D eigenvalue weighted by Gasteiger charge is 2.47. The summed E-state index contributed by atoms with van der Waals surface area (Å²) in [5.74, 6) is 0. The van der Waals surface area contributed by atoms with Gasteiger partial charge in [0.1, 0.15) is 5.35 Å². The van der Waals surface area contributed by atoms with Crippen LogP contribution in [0.15, 0.2) is 406 Å². The second-order valence-electron chi connectivity index (χ2n) is 41.8. The van der Waals surface area contributed by atoms with Gasteiger partial charge in [-0.15, -0.1) is 0 Å². The van der Waals surface area contributed by atoms with Gasteiger partial charge in [-0.25, -0.2) is 0 Å². The summed E-state index contributed by atoms with van der Waals surface area (Å²) in [5, 5.41) is 8.16. The van der Waals surface area contributed by atoms with Crippen molar-refractivity contribution in [3.05, 3.63) is 438 Å². The van der Waals surface area contributed by atoms with Crippen LogP contribution in [0.2, 0.25) is 0 Å². The maximum absolute atomic E-state index is 3.93. The van der Waals surface area contributed by atoms with E-state index in [2.05, 4.69) is 518 Å². The number of anilines is 6.